The van der Waals surface area contributed by atoms with Gasteiger partial charge in [-0.1, -0.05) is 6.92 Å². The summed E-state index contributed by atoms with van der Waals surface area (Å²) < 4.78 is 5.29. The van der Waals surface area contributed by atoms with Gasteiger partial charge < -0.3 is 5.11 Å². The third-order valence-corrected chi connectivity index (χ3v) is 4.41. The van der Waals surface area contributed by atoms with Gasteiger partial charge in [0, 0.05) is 37.1 Å². The predicted octanol–water partition coefficient (Wildman–Crippen LogP) is 1.55. The molecular formula is C18H22N6O2. The Morgan fingerprint density at radius 1 is 1.35 bits per heavy atom. The number of nitrogens with zero attached hydrogens (tertiary/aromatic N) is 6. The Bertz CT molecular complexity index is 1060. The van der Waals surface area contributed by atoms with Crippen LogP contribution in [0.25, 0.3) is 5.78 Å². The smallest absolute Gasteiger partial charge is 0.260 e. The van der Waals surface area contributed by atoms with Crippen LogP contribution >= 0.6 is 0 Å². The van der Waals surface area contributed by atoms with Gasteiger partial charge in [-0.25, -0.2) is 9.98 Å². The van der Waals surface area contributed by atoms with Gasteiger partial charge >= 0.3 is 0 Å². The quantitative estimate of drug-likeness (QED) is 0.753. The number of aryl methyl sites for hydroxylation is 1. The van der Waals surface area contributed by atoms with Crippen molar-refractivity contribution in [3.8, 4) is 0 Å². The predicted molar refractivity (Wildman–Crippen MR) is 98.2 cm³/mol. The van der Waals surface area contributed by atoms with Gasteiger partial charge in [-0.2, -0.15) is 5.10 Å². The van der Waals surface area contributed by atoms with Crippen LogP contribution in [0.3, 0.4) is 0 Å². The minimum absolute atomic E-state index is 0.0248. The first-order chi connectivity index (χ1) is 12.4. The van der Waals surface area contributed by atoms with Gasteiger partial charge in [0.15, 0.2) is 0 Å². The number of hydrogen-bond acceptors (Lipinski definition) is 5. The summed E-state index contributed by atoms with van der Waals surface area (Å²) in [4.78, 5) is 21.9. The minimum atomic E-state index is -0.847. The Morgan fingerprint density at radius 3 is 2.88 bits per heavy atom. The van der Waals surface area contributed by atoms with Crippen LogP contribution in [0.15, 0.2) is 34.6 Å². The van der Waals surface area contributed by atoms with Gasteiger partial charge in [-0.05, 0) is 20.3 Å². The lowest BCUT2D eigenvalue weighted by Crippen LogP contribution is -2.26. The van der Waals surface area contributed by atoms with Crippen LogP contribution in [0, 0.1) is 0 Å². The molecule has 1 aliphatic rings. The third kappa shape index (κ3) is 2.76. The molecule has 0 saturated heterocycles. The maximum absolute atomic E-state index is 12.9. The number of aromatic nitrogens is 5. The fourth-order valence-electron chi connectivity index (χ4n) is 3.35. The summed E-state index contributed by atoms with van der Waals surface area (Å²) in [5.41, 5.74) is 1.49. The molecule has 4 heterocycles. The van der Waals surface area contributed by atoms with E-state index in [0.717, 1.165) is 17.7 Å². The number of imidazole rings is 1. The maximum atomic E-state index is 12.9. The van der Waals surface area contributed by atoms with E-state index in [9.17, 15) is 9.90 Å². The maximum Gasteiger partial charge on any atom is 0.260 e. The van der Waals surface area contributed by atoms with E-state index >= 15 is 0 Å². The largest absolute Gasteiger partial charge is 0.389 e. The van der Waals surface area contributed by atoms with Crippen molar-refractivity contribution in [2.24, 2.45) is 4.99 Å². The molecule has 4 rings (SSSR count). The van der Waals surface area contributed by atoms with Crippen LogP contribution < -0.4 is 5.56 Å². The van der Waals surface area contributed by atoms with Gasteiger partial charge in [-0.3, -0.25) is 18.4 Å². The van der Waals surface area contributed by atoms with Crippen LogP contribution in [0.2, 0.25) is 0 Å². The highest BCUT2D eigenvalue weighted by Crippen LogP contribution is 2.27. The Balaban J connectivity index is 1.75. The lowest BCUT2D eigenvalue weighted by atomic mass is 10.1. The number of rotatable bonds is 5. The van der Waals surface area contributed by atoms with Crippen molar-refractivity contribution >= 4 is 17.3 Å². The minimum Gasteiger partial charge on any atom is -0.389 e. The monoisotopic (exact) mass is 354 g/mol. The van der Waals surface area contributed by atoms with Gasteiger partial charge in [0.25, 0.3) is 5.56 Å². The van der Waals surface area contributed by atoms with Crippen LogP contribution in [0.4, 0.5) is 5.82 Å². The zero-order valence-corrected chi connectivity index (χ0v) is 15.2. The average molecular weight is 354 g/mol. The Hall–Kier alpha value is -2.74. The van der Waals surface area contributed by atoms with Gasteiger partial charge in [0.2, 0.25) is 5.78 Å². The van der Waals surface area contributed by atoms with Crippen LogP contribution in [-0.2, 0) is 19.5 Å². The van der Waals surface area contributed by atoms with E-state index in [1.54, 1.807) is 35.5 Å². The second-order valence-electron chi connectivity index (χ2n) is 7.33. The first-order valence-electron chi connectivity index (χ1n) is 8.79. The molecule has 3 aromatic heterocycles. The van der Waals surface area contributed by atoms with E-state index in [-0.39, 0.29) is 5.56 Å². The highest BCUT2D eigenvalue weighted by molar-refractivity contribution is 6.05. The van der Waals surface area contributed by atoms with E-state index in [4.69, 9.17) is 4.99 Å². The van der Waals surface area contributed by atoms with E-state index in [0.29, 0.717) is 36.7 Å². The van der Waals surface area contributed by atoms with Crippen LogP contribution in [0.1, 0.15) is 38.3 Å². The van der Waals surface area contributed by atoms with Crippen LogP contribution in [-0.4, -0.2) is 40.2 Å². The molecule has 0 fully saturated rings. The van der Waals surface area contributed by atoms with Crippen molar-refractivity contribution in [1.82, 2.24) is 23.7 Å². The molecule has 8 nitrogen and oxygen atoms in total. The highest BCUT2D eigenvalue weighted by atomic mass is 16.3. The molecule has 1 N–H and O–H groups in total. The summed E-state index contributed by atoms with van der Waals surface area (Å²) in [5.74, 6) is 1.28. The fraction of sp³-hybridized carbons (Fsp3) is 0.444. The van der Waals surface area contributed by atoms with Crippen LogP contribution in [0.5, 0.6) is 0 Å². The number of hydrogen-bond donors (Lipinski definition) is 1. The normalized spacial score (nSPS) is 14.1. The topological polar surface area (TPSA) is 89.7 Å². The molecule has 0 aliphatic carbocycles. The lowest BCUT2D eigenvalue weighted by molar-refractivity contribution is 0.0577. The standard InChI is InChI=1S/C18H22N6O2/c1-4-6-24-16(25)13-8-14(21-15(13)23-7-5-19-17(23)24)12-9-20-22(10-12)11-18(2,3)26/h5,7,9-10,26H,4,6,8,11H2,1-3H3. The summed E-state index contributed by atoms with van der Waals surface area (Å²) in [6, 6.07) is 0. The SMILES string of the molecule is CCCn1c(=O)c2c(n3ccnc13)N=C(c1cnn(CC(C)(C)O)c1)C2. The molecule has 3 aromatic rings. The van der Waals surface area contributed by atoms with E-state index in [2.05, 4.69) is 10.1 Å². The number of aliphatic hydroxyl groups is 1. The van der Waals surface area contributed by atoms with E-state index in [1.807, 2.05) is 23.7 Å². The van der Waals surface area contributed by atoms with Crippen molar-refractivity contribution in [3.05, 3.63) is 46.3 Å². The molecule has 0 aromatic carbocycles. The average Bonchev–Trinajstić information content (AvgIpc) is 3.27. The van der Waals surface area contributed by atoms with Crippen molar-refractivity contribution in [2.45, 2.75) is 52.3 Å². The lowest BCUT2D eigenvalue weighted by Gasteiger charge is -2.16. The van der Waals surface area contributed by atoms with E-state index in [1.165, 1.54) is 0 Å². The zero-order valence-electron chi connectivity index (χ0n) is 15.2. The second-order valence-corrected chi connectivity index (χ2v) is 7.33. The van der Waals surface area contributed by atoms with Crippen molar-refractivity contribution in [1.29, 1.82) is 0 Å². The molecule has 0 amide bonds. The Morgan fingerprint density at radius 2 is 2.15 bits per heavy atom. The molecular weight excluding hydrogens is 332 g/mol. The van der Waals surface area contributed by atoms with Crippen molar-refractivity contribution < 1.29 is 5.11 Å². The van der Waals surface area contributed by atoms with Gasteiger partial charge in [0.1, 0.15) is 5.82 Å². The summed E-state index contributed by atoms with van der Waals surface area (Å²) in [6.45, 7) is 6.54. The van der Waals surface area contributed by atoms with Crippen molar-refractivity contribution in [3.63, 3.8) is 0 Å². The fourth-order valence-corrected chi connectivity index (χ4v) is 3.35. The molecule has 0 spiro atoms. The van der Waals surface area contributed by atoms with E-state index < -0.39 is 5.60 Å². The third-order valence-electron chi connectivity index (χ3n) is 4.41. The van der Waals surface area contributed by atoms with Gasteiger partial charge in [-0.15, -0.1) is 0 Å². The summed E-state index contributed by atoms with van der Waals surface area (Å²) in [7, 11) is 0. The molecule has 0 radical (unpaired) electrons. The molecule has 136 valence electrons. The molecule has 0 unspecified atom stereocenters. The first kappa shape index (κ1) is 16.7. The molecule has 26 heavy (non-hydrogen) atoms. The molecule has 0 saturated carbocycles. The Kier molecular flexibility index (Phi) is 3.80. The highest BCUT2D eigenvalue weighted by Gasteiger charge is 2.25. The van der Waals surface area contributed by atoms with Crippen molar-refractivity contribution in [2.75, 3.05) is 0 Å². The molecule has 0 atom stereocenters. The molecule has 0 bridgehead atoms. The first-order valence-corrected chi connectivity index (χ1v) is 8.79. The summed E-state index contributed by atoms with van der Waals surface area (Å²) in [6.07, 6.45) is 8.45. The zero-order chi connectivity index (χ0) is 18.5. The summed E-state index contributed by atoms with van der Waals surface area (Å²) >= 11 is 0. The summed E-state index contributed by atoms with van der Waals surface area (Å²) in [5, 5.41) is 14.3. The number of aliphatic imine (C=N–C) groups is 1. The second kappa shape index (κ2) is 5.91. The molecule has 8 heteroatoms. The van der Waals surface area contributed by atoms with Gasteiger partial charge in [0.05, 0.1) is 29.6 Å². The Labute approximate surface area is 150 Å². The number of fused-ring (bicyclic) bond motifs is 3. The molecule has 1 aliphatic heterocycles.